The molecule has 1 aromatic rings. The smallest absolute Gasteiger partial charge is 0.137 e. The van der Waals surface area contributed by atoms with Crippen molar-refractivity contribution < 1.29 is 5.11 Å². The van der Waals surface area contributed by atoms with Crippen molar-refractivity contribution in [3.8, 4) is 0 Å². The van der Waals surface area contributed by atoms with Crippen LogP contribution in [0.3, 0.4) is 0 Å². The highest BCUT2D eigenvalue weighted by atomic mass is 16.3. The minimum atomic E-state index is -0.260. The summed E-state index contributed by atoms with van der Waals surface area (Å²) in [6, 6.07) is 0. The first kappa shape index (κ1) is 7.21. The standard InChI is InChI=1S/C6H11N3O/c1-6(10)2-3-9-5-7-4-8-9/h4-6,10H,2-3H2,1H3. The third kappa shape index (κ3) is 2.14. The highest BCUT2D eigenvalue weighted by Gasteiger charge is 1.95. The van der Waals surface area contributed by atoms with E-state index in [0.717, 1.165) is 13.0 Å². The Morgan fingerprint density at radius 3 is 3.00 bits per heavy atom. The van der Waals surface area contributed by atoms with Crippen LogP contribution >= 0.6 is 0 Å². The van der Waals surface area contributed by atoms with E-state index in [9.17, 15) is 0 Å². The van der Waals surface area contributed by atoms with Crippen LogP contribution in [0.2, 0.25) is 0 Å². The lowest BCUT2D eigenvalue weighted by atomic mass is 10.3. The van der Waals surface area contributed by atoms with Crippen molar-refractivity contribution in [2.24, 2.45) is 0 Å². The molecule has 0 aliphatic rings. The molecule has 0 bridgehead atoms. The van der Waals surface area contributed by atoms with E-state index in [1.54, 1.807) is 17.9 Å². The Kier molecular flexibility index (Phi) is 2.39. The van der Waals surface area contributed by atoms with Crippen molar-refractivity contribution in [3.63, 3.8) is 0 Å². The van der Waals surface area contributed by atoms with E-state index in [-0.39, 0.29) is 6.10 Å². The average molecular weight is 141 g/mol. The zero-order valence-electron chi connectivity index (χ0n) is 5.94. The Morgan fingerprint density at radius 1 is 1.70 bits per heavy atom. The molecule has 56 valence electrons. The third-order valence-electron chi connectivity index (χ3n) is 1.24. The molecule has 4 nitrogen and oxygen atoms in total. The van der Waals surface area contributed by atoms with Crippen LogP contribution in [0, 0.1) is 0 Å². The van der Waals surface area contributed by atoms with Crippen molar-refractivity contribution in [3.05, 3.63) is 12.7 Å². The highest BCUT2D eigenvalue weighted by Crippen LogP contribution is 1.91. The lowest BCUT2D eigenvalue weighted by Crippen LogP contribution is -2.06. The van der Waals surface area contributed by atoms with Gasteiger partial charge in [0, 0.05) is 6.54 Å². The maximum Gasteiger partial charge on any atom is 0.137 e. The highest BCUT2D eigenvalue weighted by molar-refractivity contribution is 4.56. The number of rotatable bonds is 3. The molecular formula is C6H11N3O. The molecule has 1 aromatic heterocycles. The first-order valence-electron chi connectivity index (χ1n) is 3.29. The fraction of sp³-hybridized carbons (Fsp3) is 0.667. The molecular weight excluding hydrogens is 130 g/mol. The fourth-order valence-corrected chi connectivity index (χ4v) is 0.667. The van der Waals surface area contributed by atoms with Gasteiger partial charge in [0.1, 0.15) is 12.7 Å². The molecule has 1 N–H and O–H groups in total. The van der Waals surface area contributed by atoms with Crippen molar-refractivity contribution in [2.45, 2.75) is 26.0 Å². The number of aromatic nitrogens is 3. The van der Waals surface area contributed by atoms with Gasteiger partial charge in [-0.05, 0) is 13.3 Å². The van der Waals surface area contributed by atoms with Gasteiger partial charge in [-0.3, -0.25) is 4.68 Å². The van der Waals surface area contributed by atoms with Crippen LogP contribution in [-0.4, -0.2) is 26.0 Å². The molecule has 0 aliphatic heterocycles. The molecule has 0 aromatic carbocycles. The van der Waals surface area contributed by atoms with E-state index >= 15 is 0 Å². The molecule has 0 saturated heterocycles. The number of aliphatic hydroxyl groups excluding tert-OH is 1. The van der Waals surface area contributed by atoms with Crippen molar-refractivity contribution in [1.82, 2.24) is 14.8 Å². The van der Waals surface area contributed by atoms with Gasteiger partial charge in [0.05, 0.1) is 6.10 Å². The van der Waals surface area contributed by atoms with Crippen LogP contribution in [0.5, 0.6) is 0 Å². The Labute approximate surface area is 59.5 Å². The second-order valence-electron chi connectivity index (χ2n) is 2.30. The van der Waals surface area contributed by atoms with Gasteiger partial charge in [-0.15, -0.1) is 0 Å². The summed E-state index contributed by atoms with van der Waals surface area (Å²) < 4.78 is 1.70. The summed E-state index contributed by atoms with van der Waals surface area (Å²) in [6.07, 6.45) is 3.59. The maximum atomic E-state index is 8.89. The van der Waals surface area contributed by atoms with E-state index in [1.807, 2.05) is 0 Å². The van der Waals surface area contributed by atoms with E-state index in [1.165, 1.54) is 6.33 Å². The Hall–Kier alpha value is -0.900. The molecule has 0 spiro atoms. The Morgan fingerprint density at radius 2 is 2.50 bits per heavy atom. The summed E-state index contributed by atoms with van der Waals surface area (Å²) in [6.45, 7) is 2.49. The van der Waals surface area contributed by atoms with Gasteiger partial charge in [0.15, 0.2) is 0 Å². The van der Waals surface area contributed by atoms with Crippen LogP contribution in [0.1, 0.15) is 13.3 Å². The largest absolute Gasteiger partial charge is 0.393 e. The van der Waals surface area contributed by atoms with Crippen LogP contribution in [0.15, 0.2) is 12.7 Å². The van der Waals surface area contributed by atoms with Crippen LogP contribution in [-0.2, 0) is 6.54 Å². The first-order valence-corrected chi connectivity index (χ1v) is 3.29. The van der Waals surface area contributed by atoms with Crippen molar-refractivity contribution in [1.29, 1.82) is 0 Å². The van der Waals surface area contributed by atoms with Gasteiger partial charge in [0.2, 0.25) is 0 Å². The number of hydrogen-bond acceptors (Lipinski definition) is 3. The molecule has 4 heteroatoms. The zero-order chi connectivity index (χ0) is 7.40. The summed E-state index contributed by atoms with van der Waals surface area (Å²) in [5, 5.41) is 12.8. The van der Waals surface area contributed by atoms with Gasteiger partial charge in [-0.25, -0.2) is 4.98 Å². The molecule has 10 heavy (non-hydrogen) atoms. The molecule has 1 atom stereocenters. The SMILES string of the molecule is CC(O)CCn1cncn1. The Bertz CT molecular complexity index is 171. The topological polar surface area (TPSA) is 50.9 Å². The lowest BCUT2D eigenvalue weighted by molar-refractivity contribution is 0.176. The van der Waals surface area contributed by atoms with Gasteiger partial charge in [-0.2, -0.15) is 5.10 Å². The third-order valence-corrected chi connectivity index (χ3v) is 1.24. The molecule has 1 unspecified atom stereocenters. The number of aryl methyl sites for hydroxylation is 1. The van der Waals surface area contributed by atoms with Gasteiger partial charge in [0.25, 0.3) is 0 Å². The van der Waals surface area contributed by atoms with E-state index in [2.05, 4.69) is 10.1 Å². The molecule has 0 radical (unpaired) electrons. The molecule has 0 fully saturated rings. The zero-order valence-corrected chi connectivity index (χ0v) is 5.94. The molecule has 1 heterocycles. The van der Waals surface area contributed by atoms with Gasteiger partial charge >= 0.3 is 0 Å². The predicted octanol–water partition coefficient (Wildman–Crippen LogP) is 0.0490. The molecule has 0 amide bonds. The lowest BCUT2D eigenvalue weighted by Gasteiger charge is -2.01. The molecule has 0 saturated carbocycles. The normalized spacial score (nSPS) is 13.4. The second kappa shape index (κ2) is 3.31. The second-order valence-corrected chi connectivity index (χ2v) is 2.30. The van der Waals surface area contributed by atoms with Crippen LogP contribution < -0.4 is 0 Å². The Balaban J connectivity index is 2.28. The predicted molar refractivity (Wildman–Crippen MR) is 36.3 cm³/mol. The van der Waals surface area contributed by atoms with Gasteiger partial charge < -0.3 is 5.11 Å². The van der Waals surface area contributed by atoms with Crippen molar-refractivity contribution >= 4 is 0 Å². The minimum absolute atomic E-state index is 0.260. The summed E-state index contributed by atoms with van der Waals surface area (Å²) in [4.78, 5) is 3.77. The van der Waals surface area contributed by atoms with Crippen LogP contribution in [0.4, 0.5) is 0 Å². The summed E-state index contributed by atoms with van der Waals surface area (Å²) in [5.74, 6) is 0. The van der Waals surface area contributed by atoms with E-state index < -0.39 is 0 Å². The quantitative estimate of drug-likeness (QED) is 0.647. The summed E-state index contributed by atoms with van der Waals surface area (Å²) in [5.41, 5.74) is 0. The van der Waals surface area contributed by atoms with Gasteiger partial charge in [-0.1, -0.05) is 0 Å². The van der Waals surface area contributed by atoms with Crippen LogP contribution in [0.25, 0.3) is 0 Å². The van der Waals surface area contributed by atoms with Crippen molar-refractivity contribution in [2.75, 3.05) is 0 Å². The maximum absolute atomic E-state index is 8.89. The van der Waals surface area contributed by atoms with E-state index in [0.29, 0.717) is 0 Å². The average Bonchev–Trinajstić information content (AvgIpc) is 2.34. The monoisotopic (exact) mass is 141 g/mol. The van der Waals surface area contributed by atoms with E-state index in [4.69, 9.17) is 5.11 Å². The number of hydrogen-bond donors (Lipinski definition) is 1. The number of nitrogens with zero attached hydrogens (tertiary/aromatic N) is 3. The molecule has 0 aliphatic carbocycles. The summed E-state index contributed by atoms with van der Waals surface area (Å²) in [7, 11) is 0. The first-order chi connectivity index (χ1) is 4.79. The minimum Gasteiger partial charge on any atom is -0.393 e. The number of aliphatic hydroxyl groups is 1. The summed E-state index contributed by atoms with van der Waals surface area (Å²) >= 11 is 0. The fourth-order valence-electron chi connectivity index (χ4n) is 0.667. The molecule has 1 rings (SSSR count).